The van der Waals surface area contributed by atoms with Gasteiger partial charge in [0, 0.05) is 76.7 Å². The van der Waals surface area contributed by atoms with Gasteiger partial charge in [0.25, 0.3) is 0 Å². The Bertz CT molecular complexity index is 6480. The molecule has 0 saturated carbocycles. The van der Waals surface area contributed by atoms with Gasteiger partial charge in [-0.2, -0.15) is 19.9 Å². The normalized spacial score (nSPS) is 11.9. The first-order valence-corrected chi connectivity index (χ1v) is 34.5. The zero-order valence-corrected chi connectivity index (χ0v) is 56.7. The predicted molar refractivity (Wildman–Crippen MR) is 418 cm³/mol. The Balaban J connectivity index is 0.922. The Labute approximate surface area is 583 Å². The minimum atomic E-state index is -0.261. The van der Waals surface area contributed by atoms with Crippen LogP contribution in [0.5, 0.6) is 0 Å². The van der Waals surface area contributed by atoms with Crippen LogP contribution in [0.1, 0.15) is 33.4 Å². The molecule has 478 valence electrons. The second-order valence-corrected chi connectivity index (χ2v) is 27.0. The quantitative estimate of drug-likeness (QED) is 0.120. The molecular formula is C90H65BN10. The molecule has 0 aliphatic rings. The van der Waals surface area contributed by atoms with Crippen LogP contribution in [0.15, 0.2) is 285 Å². The molecule has 0 aliphatic heterocycles. The number of benzene rings is 13. The summed E-state index contributed by atoms with van der Waals surface area (Å²) in [4.78, 5) is 34.1. The van der Waals surface area contributed by atoms with E-state index in [9.17, 15) is 0 Å². The lowest BCUT2D eigenvalue weighted by molar-refractivity contribution is 0.951. The van der Waals surface area contributed by atoms with Crippen LogP contribution in [-0.2, 0) is 0 Å². The average Bonchev–Trinajstić information content (AvgIpc) is 1.59. The minimum Gasteiger partial charge on any atom is -0.309 e. The molecule has 11 heteroatoms. The number of fused-ring (bicyclic) bond motifs is 13. The third-order valence-electron chi connectivity index (χ3n) is 20.5. The molecule has 0 radical (unpaired) electrons. The first-order chi connectivity index (χ1) is 49.6. The molecule has 0 aliphatic carbocycles. The van der Waals surface area contributed by atoms with Gasteiger partial charge in [0.05, 0.1) is 44.1 Å². The highest BCUT2D eigenvalue weighted by atomic mass is 15.2. The van der Waals surface area contributed by atoms with Gasteiger partial charge < -0.3 is 9.13 Å². The maximum absolute atomic E-state index is 5.84. The van der Waals surface area contributed by atoms with E-state index in [-0.39, 0.29) is 6.71 Å². The van der Waals surface area contributed by atoms with Gasteiger partial charge in [0.15, 0.2) is 23.3 Å². The van der Waals surface area contributed by atoms with Crippen molar-refractivity contribution < 1.29 is 0 Å². The van der Waals surface area contributed by atoms with Crippen LogP contribution in [0, 0.1) is 41.5 Å². The molecule has 0 N–H and O–H groups in total. The van der Waals surface area contributed by atoms with E-state index in [1.54, 1.807) is 0 Å². The van der Waals surface area contributed by atoms with E-state index < -0.39 is 0 Å². The molecule has 6 heterocycles. The van der Waals surface area contributed by atoms with Crippen molar-refractivity contribution in [2.24, 2.45) is 0 Å². The van der Waals surface area contributed by atoms with Gasteiger partial charge in [-0.1, -0.05) is 268 Å². The van der Waals surface area contributed by atoms with E-state index in [0.29, 0.717) is 35.2 Å². The molecule has 0 fully saturated rings. The molecule has 10 nitrogen and oxygen atoms in total. The Kier molecular flexibility index (Phi) is 13.8. The second kappa shape index (κ2) is 23.4. The molecule has 0 atom stereocenters. The van der Waals surface area contributed by atoms with E-state index in [1.165, 1.54) is 44.3 Å². The van der Waals surface area contributed by atoms with Crippen molar-refractivity contribution in [1.29, 1.82) is 0 Å². The molecule has 0 amide bonds. The number of aryl methyl sites for hydroxylation is 6. The van der Waals surface area contributed by atoms with Gasteiger partial charge in [-0.05, 0) is 108 Å². The Hall–Kier alpha value is -12.9. The molecule has 0 bridgehead atoms. The maximum atomic E-state index is 5.84. The second-order valence-electron chi connectivity index (χ2n) is 27.0. The highest BCUT2D eigenvalue weighted by molar-refractivity contribution is 6.96. The van der Waals surface area contributed by atoms with Crippen molar-refractivity contribution in [3.05, 3.63) is 318 Å². The third kappa shape index (κ3) is 9.63. The van der Waals surface area contributed by atoms with Crippen LogP contribution in [-0.4, -0.2) is 54.9 Å². The first-order valence-electron chi connectivity index (χ1n) is 34.5. The third-order valence-corrected chi connectivity index (χ3v) is 20.5. The summed E-state index contributed by atoms with van der Waals surface area (Å²) in [5.74, 6) is 3.03. The summed E-state index contributed by atoms with van der Waals surface area (Å²) in [5, 5.41) is 8.91. The summed E-state index contributed by atoms with van der Waals surface area (Å²) < 4.78 is 9.30. The summed E-state index contributed by atoms with van der Waals surface area (Å²) in [5.41, 5.74) is 24.5. The lowest BCUT2D eigenvalue weighted by Gasteiger charge is -2.25. The zero-order valence-electron chi connectivity index (χ0n) is 56.7. The van der Waals surface area contributed by atoms with Crippen LogP contribution in [0.4, 0.5) is 0 Å². The smallest absolute Gasteiger partial charge is 0.242 e. The van der Waals surface area contributed by atoms with Crippen molar-refractivity contribution in [3.8, 4) is 68.8 Å². The summed E-state index contributed by atoms with van der Waals surface area (Å²) in [6.45, 7) is 13.2. The molecule has 13 aromatic carbocycles. The van der Waals surface area contributed by atoms with E-state index in [1.807, 2.05) is 36.4 Å². The summed E-state index contributed by atoms with van der Waals surface area (Å²) in [6.07, 6.45) is 0. The SMILES string of the molecule is Cc1cc(C)c(B(c2cc(-c3nc(-c4ccccc4)nc(-n4c5ccccc5c5cc6c(cc54)c4ccccc4n6-c4ccccc4)n3)cc(-c3nc(-c4ccccc4)nc(-n4c5ccccc5c5ccc6c7ccccc7n(-c7ccccc7)c6c54)n3)c2)c2c(C)cc(C)cc2C)c(C)c1. The highest BCUT2D eigenvalue weighted by Gasteiger charge is 2.32. The van der Waals surface area contributed by atoms with Crippen LogP contribution < -0.4 is 16.4 Å². The lowest BCUT2D eigenvalue weighted by atomic mass is 9.34. The molecular weight excluding hydrogens is 1230 g/mol. The Morgan fingerprint density at radius 2 is 0.564 bits per heavy atom. The van der Waals surface area contributed by atoms with E-state index in [4.69, 9.17) is 29.9 Å². The number of hydrogen-bond donors (Lipinski definition) is 0. The largest absolute Gasteiger partial charge is 0.309 e. The minimum absolute atomic E-state index is 0.261. The fourth-order valence-corrected chi connectivity index (χ4v) is 16.5. The van der Waals surface area contributed by atoms with Crippen LogP contribution in [0.25, 0.3) is 156 Å². The van der Waals surface area contributed by atoms with Crippen molar-refractivity contribution in [2.75, 3.05) is 0 Å². The fraction of sp³-hybridized carbons (Fsp3) is 0.0667. The number of aromatic nitrogens is 10. The first kappa shape index (κ1) is 59.4. The maximum Gasteiger partial charge on any atom is 0.242 e. The Morgan fingerprint density at radius 1 is 0.238 bits per heavy atom. The van der Waals surface area contributed by atoms with Crippen molar-refractivity contribution in [1.82, 2.24) is 48.2 Å². The summed E-state index contributed by atoms with van der Waals surface area (Å²) >= 11 is 0. The molecule has 19 rings (SSSR count). The molecule has 6 aromatic heterocycles. The average molecular weight is 1300 g/mol. The van der Waals surface area contributed by atoms with Crippen molar-refractivity contribution in [2.45, 2.75) is 41.5 Å². The standard InChI is InChI=1S/C90H65BN10/c1-54-45-56(3)81(57(4)46-54)91(82-58(5)47-55(2)48-59(82)6)64-50-62(87-92-85(60-27-11-7-12-28-60)94-89(96-87)100-77-41-25-22-38-70(77)74-52-79-73(53-80(74)100)69-37-21-23-39-75(69)98(79)65-31-15-9-16-32-65)49-63(51-64)88-93-86(61-29-13-8-14-30-61)95-90(97-88)101-78-42-26-20-36-68(78)72-44-43-71-67-35-19-24-40-76(67)99(83(71)84(72)101)66-33-17-10-18-34-66/h7-53H,1-6H3. The number of para-hydroxylation sites is 6. The van der Waals surface area contributed by atoms with Gasteiger partial charge in [0.1, 0.15) is 0 Å². The monoisotopic (exact) mass is 1300 g/mol. The highest BCUT2D eigenvalue weighted by Crippen LogP contribution is 2.44. The van der Waals surface area contributed by atoms with E-state index in [2.05, 4.69) is 309 Å². The van der Waals surface area contributed by atoms with Crippen molar-refractivity contribution in [3.63, 3.8) is 0 Å². The van der Waals surface area contributed by atoms with E-state index in [0.717, 1.165) is 126 Å². The Morgan fingerprint density at radius 3 is 1.01 bits per heavy atom. The van der Waals surface area contributed by atoms with Crippen LogP contribution >= 0.6 is 0 Å². The summed E-state index contributed by atoms with van der Waals surface area (Å²) in [7, 11) is 0. The number of hydrogen-bond acceptors (Lipinski definition) is 6. The van der Waals surface area contributed by atoms with Gasteiger partial charge in [-0.15, -0.1) is 0 Å². The molecule has 101 heavy (non-hydrogen) atoms. The molecule has 19 aromatic rings. The molecule has 0 spiro atoms. The van der Waals surface area contributed by atoms with Crippen LogP contribution in [0.2, 0.25) is 0 Å². The van der Waals surface area contributed by atoms with Crippen molar-refractivity contribution >= 4 is 110 Å². The van der Waals surface area contributed by atoms with Gasteiger partial charge in [-0.25, -0.2) is 9.97 Å². The number of nitrogens with zero attached hydrogens (tertiary/aromatic N) is 10. The summed E-state index contributed by atoms with van der Waals surface area (Å²) in [6, 6.07) is 102. The van der Waals surface area contributed by atoms with Crippen LogP contribution in [0.3, 0.4) is 0 Å². The zero-order chi connectivity index (χ0) is 67.7. The predicted octanol–water partition coefficient (Wildman–Crippen LogP) is 19.5. The van der Waals surface area contributed by atoms with Gasteiger partial charge in [0.2, 0.25) is 18.6 Å². The van der Waals surface area contributed by atoms with Gasteiger partial charge >= 0.3 is 0 Å². The number of rotatable bonds is 11. The van der Waals surface area contributed by atoms with E-state index >= 15 is 0 Å². The lowest BCUT2D eigenvalue weighted by Crippen LogP contribution is -2.56. The molecule has 0 saturated heterocycles. The molecule has 0 unspecified atom stereocenters. The van der Waals surface area contributed by atoms with Gasteiger partial charge in [-0.3, -0.25) is 9.13 Å². The topological polar surface area (TPSA) is 97.1 Å². The fourth-order valence-electron chi connectivity index (χ4n) is 16.5.